The quantitative estimate of drug-likeness (QED) is 0.612. The summed E-state index contributed by atoms with van der Waals surface area (Å²) in [7, 11) is 0. The molecule has 0 aromatic heterocycles. The van der Waals surface area contributed by atoms with Crippen LogP contribution in [0, 0.1) is 10.1 Å². The van der Waals surface area contributed by atoms with Crippen molar-refractivity contribution in [3.05, 3.63) is 57.6 Å². The number of halogens is 1. The van der Waals surface area contributed by atoms with Crippen LogP contribution in [0.4, 0.5) is 17.1 Å². The number of amides is 1. The van der Waals surface area contributed by atoms with Crippen molar-refractivity contribution in [3.8, 4) is 5.75 Å². The van der Waals surface area contributed by atoms with E-state index in [-0.39, 0.29) is 18.0 Å². The molecule has 1 heterocycles. The van der Waals surface area contributed by atoms with E-state index in [1.807, 2.05) is 0 Å². The summed E-state index contributed by atoms with van der Waals surface area (Å²) in [5.74, 6) is -0.357. The monoisotopic (exact) mass is 375 g/mol. The van der Waals surface area contributed by atoms with E-state index in [0.717, 1.165) is 31.6 Å². The molecule has 2 aromatic carbocycles. The first-order valence-electron chi connectivity index (χ1n) is 8.26. The highest BCUT2D eigenvalue weighted by Gasteiger charge is 2.20. The van der Waals surface area contributed by atoms with Gasteiger partial charge in [-0.2, -0.15) is 0 Å². The molecule has 1 N–H and O–H groups in total. The van der Waals surface area contributed by atoms with Crippen molar-refractivity contribution in [1.29, 1.82) is 0 Å². The third kappa shape index (κ3) is 4.05. The van der Waals surface area contributed by atoms with Crippen molar-refractivity contribution in [2.45, 2.75) is 12.8 Å². The van der Waals surface area contributed by atoms with Gasteiger partial charge in [0.2, 0.25) is 0 Å². The van der Waals surface area contributed by atoms with Gasteiger partial charge in [-0.05, 0) is 31.0 Å². The van der Waals surface area contributed by atoms with E-state index in [0.29, 0.717) is 10.7 Å². The summed E-state index contributed by atoms with van der Waals surface area (Å²) in [4.78, 5) is 24.9. The number of rotatable bonds is 6. The van der Waals surface area contributed by atoms with E-state index in [4.69, 9.17) is 16.3 Å². The number of anilines is 2. The predicted molar refractivity (Wildman–Crippen MR) is 100 cm³/mol. The van der Waals surface area contributed by atoms with Gasteiger partial charge in [0.25, 0.3) is 5.91 Å². The van der Waals surface area contributed by atoms with Crippen LogP contribution in [0.15, 0.2) is 42.5 Å². The van der Waals surface area contributed by atoms with Crippen LogP contribution >= 0.6 is 11.6 Å². The molecule has 1 fully saturated rings. The molecule has 0 bridgehead atoms. The van der Waals surface area contributed by atoms with Gasteiger partial charge in [0, 0.05) is 19.2 Å². The minimum atomic E-state index is -0.546. The van der Waals surface area contributed by atoms with Crippen LogP contribution in [0.5, 0.6) is 5.75 Å². The van der Waals surface area contributed by atoms with Crippen LogP contribution in [-0.2, 0) is 4.79 Å². The Kier molecular flexibility index (Phi) is 5.58. The molecule has 8 heteroatoms. The largest absolute Gasteiger partial charge is 0.477 e. The maximum Gasteiger partial charge on any atom is 0.310 e. The van der Waals surface area contributed by atoms with Crippen molar-refractivity contribution in [2.75, 3.05) is 29.9 Å². The second-order valence-corrected chi connectivity index (χ2v) is 6.30. The number of nitrogens with one attached hydrogen (secondary N) is 1. The van der Waals surface area contributed by atoms with Gasteiger partial charge in [-0.25, -0.2) is 0 Å². The number of para-hydroxylation sites is 3. The Hall–Kier alpha value is -2.80. The van der Waals surface area contributed by atoms with Crippen molar-refractivity contribution in [3.63, 3.8) is 0 Å². The Bertz CT molecular complexity index is 822. The normalized spacial score (nSPS) is 13.5. The molecule has 0 unspecified atom stereocenters. The zero-order valence-corrected chi connectivity index (χ0v) is 14.7. The number of nitro groups is 1. The molecule has 0 saturated carbocycles. The molecule has 2 aromatic rings. The Morgan fingerprint density at radius 1 is 1.19 bits per heavy atom. The lowest BCUT2D eigenvalue weighted by Gasteiger charge is -2.23. The number of carbonyl (C=O) groups excluding carboxylic acids is 1. The summed E-state index contributed by atoms with van der Waals surface area (Å²) in [6.45, 7) is 1.44. The summed E-state index contributed by atoms with van der Waals surface area (Å²) in [6.07, 6.45) is 2.17. The SMILES string of the molecule is O=C(COc1ccccc1[N+](=O)[O-])Nc1cccc(Cl)c1N1CCCC1. The maximum atomic E-state index is 12.3. The summed E-state index contributed by atoms with van der Waals surface area (Å²) in [5, 5.41) is 14.4. The van der Waals surface area contributed by atoms with E-state index in [9.17, 15) is 14.9 Å². The first kappa shape index (κ1) is 18.0. The highest BCUT2D eigenvalue weighted by Crippen LogP contribution is 2.36. The molecular formula is C18H18ClN3O4. The van der Waals surface area contributed by atoms with Gasteiger partial charge in [-0.15, -0.1) is 0 Å². The molecule has 0 aliphatic carbocycles. The number of nitrogens with zero attached hydrogens (tertiary/aromatic N) is 2. The second kappa shape index (κ2) is 8.05. The summed E-state index contributed by atoms with van der Waals surface area (Å²) in [5.41, 5.74) is 1.22. The van der Waals surface area contributed by atoms with E-state index in [1.54, 1.807) is 30.3 Å². The Morgan fingerprint density at radius 3 is 2.65 bits per heavy atom. The molecular weight excluding hydrogens is 358 g/mol. The van der Waals surface area contributed by atoms with E-state index in [1.165, 1.54) is 12.1 Å². The lowest BCUT2D eigenvalue weighted by molar-refractivity contribution is -0.385. The summed E-state index contributed by atoms with van der Waals surface area (Å²) in [6, 6.07) is 11.3. The van der Waals surface area contributed by atoms with E-state index < -0.39 is 10.8 Å². The molecule has 1 aliphatic heterocycles. The van der Waals surface area contributed by atoms with E-state index >= 15 is 0 Å². The van der Waals surface area contributed by atoms with E-state index in [2.05, 4.69) is 10.2 Å². The Morgan fingerprint density at radius 2 is 1.92 bits per heavy atom. The van der Waals surface area contributed by atoms with Crippen molar-refractivity contribution in [2.24, 2.45) is 0 Å². The third-order valence-corrected chi connectivity index (χ3v) is 4.41. The minimum absolute atomic E-state index is 0.0542. The van der Waals surface area contributed by atoms with Gasteiger partial charge in [0.05, 0.1) is 21.3 Å². The second-order valence-electron chi connectivity index (χ2n) is 5.89. The summed E-state index contributed by atoms with van der Waals surface area (Å²) >= 11 is 6.32. The number of carbonyl (C=O) groups is 1. The molecule has 26 heavy (non-hydrogen) atoms. The third-order valence-electron chi connectivity index (χ3n) is 4.10. The molecule has 1 amide bonds. The van der Waals surface area contributed by atoms with Crippen molar-refractivity contribution >= 4 is 34.6 Å². The minimum Gasteiger partial charge on any atom is -0.477 e. The first-order chi connectivity index (χ1) is 12.6. The van der Waals surface area contributed by atoms with Gasteiger partial charge in [0.1, 0.15) is 0 Å². The van der Waals surface area contributed by atoms with Gasteiger partial charge in [-0.1, -0.05) is 29.8 Å². The first-order valence-corrected chi connectivity index (χ1v) is 8.63. The average Bonchev–Trinajstić information content (AvgIpc) is 3.14. The standard InChI is InChI=1S/C18H18ClN3O4/c19-13-6-5-7-14(18(13)21-10-3-4-11-21)20-17(23)12-26-16-9-2-1-8-15(16)22(24)25/h1-2,5-9H,3-4,10-12H2,(H,20,23). The van der Waals surface area contributed by atoms with Gasteiger partial charge in [0.15, 0.2) is 12.4 Å². The molecule has 1 aliphatic rings. The Balaban J connectivity index is 1.70. The fourth-order valence-corrected chi connectivity index (χ4v) is 3.23. The molecule has 3 rings (SSSR count). The van der Waals surface area contributed by atoms with Gasteiger partial charge >= 0.3 is 5.69 Å². The van der Waals surface area contributed by atoms with Crippen LogP contribution < -0.4 is 15.0 Å². The van der Waals surface area contributed by atoms with Crippen LogP contribution in [-0.4, -0.2) is 30.5 Å². The molecule has 0 atom stereocenters. The zero-order chi connectivity index (χ0) is 18.5. The number of ether oxygens (including phenoxy) is 1. The molecule has 136 valence electrons. The predicted octanol–water partition coefficient (Wildman–Crippen LogP) is 3.87. The average molecular weight is 376 g/mol. The topological polar surface area (TPSA) is 84.7 Å². The van der Waals surface area contributed by atoms with Gasteiger partial charge in [-0.3, -0.25) is 14.9 Å². The summed E-state index contributed by atoms with van der Waals surface area (Å²) < 4.78 is 5.33. The number of benzene rings is 2. The molecule has 0 spiro atoms. The highest BCUT2D eigenvalue weighted by molar-refractivity contribution is 6.34. The molecule has 0 radical (unpaired) electrons. The Labute approximate surface area is 155 Å². The van der Waals surface area contributed by atoms with Crippen molar-refractivity contribution in [1.82, 2.24) is 0 Å². The fraction of sp³-hybridized carbons (Fsp3) is 0.278. The zero-order valence-electron chi connectivity index (χ0n) is 14.0. The lowest BCUT2D eigenvalue weighted by Crippen LogP contribution is -2.24. The number of hydrogen-bond donors (Lipinski definition) is 1. The highest BCUT2D eigenvalue weighted by atomic mass is 35.5. The van der Waals surface area contributed by atoms with Crippen LogP contribution in [0.25, 0.3) is 0 Å². The van der Waals surface area contributed by atoms with Crippen molar-refractivity contribution < 1.29 is 14.5 Å². The number of nitro benzene ring substituents is 1. The van der Waals surface area contributed by atoms with Crippen LogP contribution in [0.3, 0.4) is 0 Å². The smallest absolute Gasteiger partial charge is 0.310 e. The lowest BCUT2D eigenvalue weighted by atomic mass is 10.2. The number of hydrogen-bond acceptors (Lipinski definition) is 5. The van der Waals surface area contributed by atoms with Crippen LogP contribution in [0.1, 0.15) is 12.8 Å². The molecule has 7 nitrogen and oxygen atoms in total. The molecule has 1 saturated heterocycles. The fourth-order valence-electron chi connectivity index (χ4n) is 2.94. The van der Waals surface area contributed by atoms with Gasteiger partial charge < -0.3 is 15.0 Å². The maximum absolute atomic E-state index is 12.3. The van der Waals surface area contributed by atoms with Crippen LogP contribution in [0.2, 0.25) is 5.02 Å².